The van der Waals surface area contributed by atoms with Gasteiger partial charge in [-0.25, -0.2) is 0 Å². The molecule has 0 radical (unpaired) electrons. The molecule has 0 aliphatic heterocycles. The lowest BCUT2D eigenvalue weighted by molar-refractivity contribution is 0.346. The second-order valence-corrected chi connectivity index (χ2v) is 6.76. The minimum absolute atomic E-state index is 0.0365. The number of nitrogens with two attached hydrogens (primary N) is 1. The van der Waals surface area contributed by atoms with E-state index in [9.17, 15) is 0 Å². The van der Waals surface area contributed by atoms with Crippen LogP contribution in [0.5, 0.6) is 11.5 Å². The van der Waals surface area contributed by atoms with Gasteiger partial charge in [-0.05, 0) is 34.1 Å². The molecule has 20 heavy (non-hydrogen) atoms. The fraction of sp³-hybridized carbons (Fsp3) is 0.286. The van der Waals surface area contributed by atoms with Crippen molar-refractivity contribution >= 4 is 27.3 Å². The minimum atomic E-state index is -0.0365. The van der Waals surface area contributed by atoms with E-state index in [1.165, 1.54) is 4.88 Å². The van der Waals surface area contributed by atoms with Crippen LogP contribution in [0.4, 0.5) is 0 Å². The first kappa shape index (κ1) is 15.3. The molecule has 4 nitrogen and oxygen atoms in total. The number of hydrogen-bond donors (Lipinski definition) is 2. The Hall–Kier alpha value is -1.08. The zero-order valence-corrected chi connectivity index (χ0v) is 13.8. The lowest BCUT2D eigenvalue weighted by atomic mass is 10.0. The zero-order valence-electron chi connectivity index (χ0n) is 11.4. The largest absolute Gasteiger partial charge is 0.493 e. The van der Waals surface area contributed by atoms with Crippen molar-refractivity contribution in [2.75, 3.05) is 14.2 Å². The van der Waals surface area contributed by atoms with Crippen molar-refractivity contribution in [2.24, 2.45) is 5.84 Å². The molecule has 1 heterocycles. The van der Waals surface area contributed by atoms with Crippen molar-refractivity contribution in [1.29, 1.82) is 0 Å². The third kappa shape index (κ3) is 3.32. The molecule has 0 fully saturated rings. The van der Waals surface area contributed by atoms with Gasteiger partial charge in [0.25, 0.3) is 0 Å². The van der Waals surface area contributed by atoms with E-state index in [0.717, 1.165) is 15.8 Å². The molecular formula is C14H17BrN2O2S. The summed E-state index contributed by atoms with van der Waals surface area (Å²) in [5.74, 6) is 7.14. The van der Waals surface area contributed by atoms with Crippen LogP contribution in [0.1, 0.15) is 16.5 Å². The maximum absolute atomic E-state index is 5.72. The van der Waals surface area contributed by atoms with E-state index in [2.05, 4.69) is 27.4 Å². The number of hydrogen-bond acceptors (Lipinski definition) is 5. The minimum Gasteiger partial charge on any atom is -0.493 e. The molecule has 3 N–H and O–H groups in total. The van der Waals surface area contributed by atoms with Gasteiger partial charge in [-0.1, -0.05) is 12.1 Å². The van der Waals surface area contributed by atoms with Crippen molar-refractivity contribution in [3.8, 4) is 11.5 Å². The average molecular weight is 357 g/mol. The summed E-state index contributed by atoms with van der Waals surface area (Å²) in [5.41, 5.74) is 3.84. The fourth-order valence-corrected chi connectivity index (χ4v) is 3.64. The van der Waals surface area contributed by atoms with Crippen molar-refractivity contribution < 1.29 is 9.47 Å². The van der Waals surface area contributed by atoms with E-state index in [-0.39, 0.29) is 6.04 Å². The molecule has 1 aromatic heterocycles. The molecule has 0 saturated carbocycles. The number of benzene rings is 1. The van der Waals surface area contributed by atoms with Gasteiger partial charge < -0.3 is 9.47 Å². The van der Waals surface area contributed by atoms with Crippen molar-refractivity contribution in [3.63, 3.8) is 0 Å². The first-order valence-electron chi connectivity index (χ1n) is 6.10. The average Bonchev–Trinajstić information content (AvgIpc) is 2.89. The first-order chi connectivity index (χ1) is 9.69. The van der Waals surface area contributed by atoms with Crippen molar-refractivity contribution in [2.45, 2.75) is 12.5 Å². The summed E-state index contributed by atoms with van der Waals surface area (Å²) in [5, 5.41) is 0. The zero-order chi connectivity index (χ0) is 14.5. The van der Waals surface area contributed by atoms with Gasteiger partial charge in [0, 0.05) is 16.9 Å². The molecule has 0 amide bonds. The molecule has 0 bridgehead atoms. The maximum atomic E-state index is 5.72. The van der Waals surface area contributed by atoms with Gasteiger partial charge in [-0.2, -0.15) is 0 Å². The highest BCUT2D eigenvalue weighted by Gasteiger charge is 2.19. The van der Waals surface area contributed by atoms with E-state index in [1.54, 1.807) is 25.6 Å². The van der Waals surface area contributed by atoms with Crippen molar-refractivity contribution in [3.05, 3.63) is 44.6 Å². The summed E-state index contributed by atoms with van der Waals surface area (Å²) >= 11 is 5.17. The van der Waals surface area contributed by atoms with Gasteiger partial charge in [-0.15, -0.1) is 11.3 Å². The van der Waals surface area contributed by atoms with Crippen LogP contribution in [-0.4, -0.2) is 14.2 Å². The Bertz CT molecular complexity index is 574. The molecule has 0 aliphatic rings. The molecule has 0 saturated heterocycles. The number of thiophene rings is 1. The predicted molar refractivity (Wildman–Crippen MR) is 85.3 cm³/mol. The Balaban J connectivity index is 2.31. The second-order valence-electron chi connectivity index (χ2n) is 4.21. The Morgan fingerprint density at radius 1 is 1.25 bits per heavy atom. The molecule has 2 rings (SSSR count). The Morgan fingerprint density at radius 3 is 2.60 bits per heavy atom. The monoisotopic (exact) mass is 356 g/mol. The van der Waals surface area contributed by atoms with Crippen LogP contribution in [0.3, 0.4) is 0 Å². The normalized spacial score (nSPS) is 12.2. The topological polar surface area (TPSA) is 56.5 Å². The standard InChI is InChI=1S/C14H17BrN2O2S/c1-18-12-5-3-4-10(14(12)19-2)11(17-16)8-9-6-7-13(15)20-9/h3-7,11,17H,8,16H2,1-2H3. The molecule has 108 valence electrons. The highest BCUT2D eigenvalue weighted by molar-refractivity contribution is 9.11. The number of halogens is 1. The van der Waals surface area contributed by atoms with Crippen LogP contribution in [-0.2, 0) is 6.42 Å². The summed E-state index contributed by atoms with van der Waals surface area (Å²) in [6.45, 7) is 0. The van der Waals surface area contributed by atoms with E-state index >= 15 is 0 Å². The number of methoxy groups -OCH3 is 2. The van der Waals surface area contributed by atoms with Crippen LogP contribution in [0.15, 0.2) is 34.1 Å². The van der Waals surface area contributed by atoms with Gasteiger partial charge in [-0.3, -0.25) is 11.3 Å². The smallest absolute Gasteiger partial charge is 0.165 e. The van der Waals surface area contributed by atoms with E-state index in [4.69, 9.17) is 15.3 Å². The predicted octanol–water partition coefficient (Wildman–Crippen LogP) is 3.27. The van der Waals surface area contributed by atoms with Crippen LogP contribution >= 0.6 is 27.3 Å². The van der Waals surface area contributed by atoms with Crippen LogP contribution in [0, 0.1) is 0 Å². The highest BCUT2D eigenvalue weighted by atomic mass is 79.9. The quantitative estimate of drug-likeness (QED) is 0.615. The molecule has 1 unspecified atom stereocenters. The number of hydrazine groups is 1. The van der Waals surface area contributed by atoms with Gasteiger partial charge >= 0.3 is 0 Å². The molecule has 0 aliphatic carbocycles. The number of para-hydroxylation sites is 1. The van der Waals surface area contributed by atoms with Crippen LogP contribution in [0.2, 0.25) is 0 Å². The summed E-state index contributed by atoms with van der Waals surface area (Å²) in [6.07, 6.45) is 0.788. The summed E-state index contributed by atoms with van der Waals surface area (Å²) in [6, 6.07) is 9.89. The Labute approximate surface area is 131 Å². The number of nitrogens with one attached hydrogen (secondary N) is 1. The fourth-order valence-electron chi connectivity index (χ4n) is 2.11. The van der Waals surface area contributed by atoms with Gasteiger partial charge in [0.15, 0.2) is 11.5 Å². The third-order valence-corrected chi connectivity index (χ3v) is 4.69. The lowest BCUT2D eigenvalue weighted by Crippen LogP contribution is -2.29. The Morgan fingerprint density at radius 2 is 2.05 bits per heavy atom. The van der Waals surface area contributed by atoms with Gasteiger partial charge in [0.1, 0.15) is 0 Å². The first-order valence-corrected chi connectivity index (χ1v) is 7.71. The summed E-state index contributed by atoms with van der Waals surface area (Å²) < 4.78 is 11.9. The Kier molecular flexibility index (Phi) is 5.42. The molecule has 6 heteroatoms. The molecular weight excluding hydrogens is 340 g/mol. The summed E-state index contributed by atoms with van der Waals surface area (Å²) in [4.78, 5) is 1.24. The lowest BCUT2D eigenvalue weighted by Gasteiger charge is -2.20. The number of ether oxygens (including phenoxy) is 2. The third-order valence-electron chi connectivity index (χ3n) is 3.04. The molecule has 0 spiro atoms. The van der Waals surface area contributed by atoms with Crippen molar-refractivity contribution in [1.82, 2.24) is 5.43 Å². The number of rotatable bonds is 6. The van der Waals surface area contributed by atoms with Crippen LogP contribution < -0.4 is 20.7 Å². The highest BCUT2D eigenvalue weighted by Crippen LogP contribution is 2.36. The molecule has 1 atom stereocenters. The molecule has 2 aromatic rings. The van der Waals surface area contributed by atoms with Gasteiger partial charge in [0.05, 0.1) is 24.0 Å². The maximum Gasteiger partial charge on any atom is 0.165 e. The van der Waals surface area contributed by atoms with E-state index < -0.39 is 0 Å². The molecule has 1 aromatic carbocycles. The van der Waals surface area contributed by atoms with Crippen LogP contribution in [0.25, 0.3) is 0 Å². The van der Waals surface area contributed by atoms with E-state index in [1.807, 2.05) is 24.3 Å². The summed E-state index contributed by atoms with van der Waals surface area (Å²) in [7, 11) is 3.26. The van der Waals surface area contributed by atoms with Gasteiger partial charge in [0.2, 0.25) is 0 Å². The SMILES string of the molecule is COc1cccc(C(Cc2ccc(Br)s2)NN)c1OC. The second kappa shape index (κ2) is 7.08. The van der Waals surface area contributed by atoms with E-state index in [0.29, 0.717) is 11.5 Å².